The summed E-state index contributed by atoms with van der Waals surface area (Å²) in [5, 5.41) is 2.59. The number of nitrogens with one attached hydrogen (secondary N) is 1. The summed E-state index contributed by atoms with van der Waals surface area (Å²) in [5.41, 5.74) is -1.99. The molecule has 184 valence electrons. The van der Waals surface area contributed by atoms with Gasteiger partial charge in [-0.2, -0.15) is 4.90 Å². The van der Waals surface area contributed by atoms with Crippen LogP contribution in [0, 0.1) is 0 Å². The summed E-state index contributed by atoms with van der Waals surface area (Å²) < 4.78 is 16.8. The highest BCUT2D eigenvalue weighted by Crippen LogP contribution is 2.28. The fourth-order valence-electron chi connectivity index (χ4n) is 2.11. The number of pyridine rings is 1. The van der Waals surface area contributed by atoms with Crippen LogP contribution in [0.1, 0.15) is 68.0 Å². The van der Waals surface area contributed by atoms with E-state index in [9.17, 15) is 14.4 Å². The summed E-state index contributed by atoms with van der Waals surface area (Å²) >= 11 is 5.25. The number of imide groups is 1. The van der Waals surface area contributed by atoms with Gasteiger partial charge >= 0.3 is 18.3 Å². The summed E-state index contributed by atoms with van der Waals surface area (Å²) in [6.45, 7) is 15.4. The number of amides is 3. The van der Waals surface area contributed by atoms with Crippen molar-refractivity contribution in [3.05, 3.63) is 26.0 Å². The van der Waals surface area contributed by atoms with Gasteiger partial charge in [-0.3, -0.25) is 5.32 Å². The molecule has 0 saturated heterocycles. The molecule has 1 N–H and O–H groups in total. The second-order valence-corrected chi connectivity index (χ2v) is 12.0. The number of hydrogen-bond acceptors (Lipinski definition) is 7. The van der Waals surface area contributed by atoms with Crippen LogP contribution in [-0.4, -0.2) is 40.1 Å². The van der Waals surface area contributed by atoms with E-state index >= 15 is 0 Å². The number of anilines is 1. The molecule has 0 unspecified atom stereocenters. The lowest BCUT2D eigenvalue weighted by Crippen LogP contribution is -2.44. The van der Waals surface area contributed by atoms with Gasteiger partial charge in [0.25, 0.3) is 0 Å². The Labute approximate surface area is 216 Å². The summed E-state index contributed by atoms with van der Waals surface area (Å²) in [6, 6.07) is 3.26. The third-order valence-electron chi connectivity index (χ3n) is 3.11. The summed E-state index contributed by atoms with van der Waals surface area (Å²) in [5.74, 6) is -0.0197. The van der Waals surface area contributed by atoms with Crippen molar-refractivity contribution in [1.29, 1.82) is 0 Å². The lowest BCUT2D eigenvalue weighted by atomic mass is 10.2. The topological polar surface area (TPSA) is 107 Å². The van der Waals surface area contributed by atoms with Gasteiger partial charge in [-0.15, -0.1) is 0 Å². The van der Waals surface area contributed by atoms with Gasteiger partial charge in [-0.25, -0.2) is 19.4 Å². The van der Waals surface area contributed by atoms with Crippen molar-refractivity contribution < 1.29 is 28.6 Å². The second kappa shape index (κ2) is 11.0. The van der Waals surface area contributed by atoms with Crippen LogP contribution in [-0.2, 0) is 14.2 Å². The van der Waals surface area contributed by atoms with Gasteiger partial charge in [0, 0.05) is 0 Å². The number of carbonyl (C=O) groups is 3. The fraction of sp³-hybridized carbons (Fsp3) is 0.545. The first-order valence-corrected chi connectivity index (χ1v) is 11.9. The first-order chi connectivity index (χ1) is 14.8. The van der Waals surface area contributed by atoms with E-state index in [-0.39, 0.29) is 5.82 Å². The molecule has 0 aromatic carbocycles. The van der Waals surface area contributed by atoms with Crippen LogP contribution in [0.2, 0.25) is 0 Å². The zero-order valence-electron chi connectivity index (χ0n) is 20.3. The molecule has 11 heteroatoms. The van der Waals surface area contributed by atoms with Crippen LogP contribution in [0.4, 0.5) is 20.2 Å². The second-order valence-electron chi connectivity index (χ2n) is 9.96. The molecule has 0 radical (unpaired) electrons. The van der Waals surface area contributed by atoms with Gasteiger partial charge in [0.2, 0.25) is 0 Å². The maximum Gasteiger partial charge on any atom is 0.425 e. The molecule has 1 aromatic rings. The molecule has 33 heavy (non-hydrogen) atoms. The van der Waals surface area contributed by atoms with E-state index in [1.807, 2.05) is 22.6 Å². The van der Waals surface area contributed by atoms with E-state index in [0.717, 1.165) is 4.90 Å². The van der Waals surface area contributed by atoms with Gasteiger partial charge in [0.05, 0.1) is 13.9 Å². The molecular weight excluding hydrogens is 609 g/mol. The zero-order valence-corrected chi connectivity index (χ0v) is 24.1. The summed E-state index contributed by atoms with van der Waals surface area (Å²) in [7, 11) is 0. The van der Waals surface area contributed by atoms with Gasteiger partial charge in [-0.05, 0) is 119 Å². The van der Waals surface area contributed by atoms with E-state index in [0.29, 0.717) is 13.9 Å². The molecule has 0 fully saturated rings. The minimum atomic E-state index is -0.937. The average molecular weight is 640 g/mol. The predicted octanol–water partition coefficient (Wildman–Crippen LogP) is 6.78. The summed E-state index contributed by atoms with van der Waals surface area (Å²) in [6.07, 6.45) is -0.937. The third kappa shape index (κ3) is 11.2. The van der Waals surface area contributed by atoms with Gasteiger partial charge in [-0.1, -0.05) is 0 Å². The minimum Gasteiger partial charge on any atom is -0.444 e. The van der Waals surface area contributed by atoms with Crippen molar-refractivity contribution in [2.24, 2.45) is 0 Å². The molecule has 0 saturated carbocycles. The molecule has 3 amide bonds. The van der Waals surface area contributed by atoms with E-state index in [1.54, 1.807) is 80.5 Å². The van der Waals surface area contributed by atoms with E-state index < -0.39 is 35.1 Å². The Morgan fingerprint density at radius 2 is 1.36 bits per heavy atom. The average Bonchev–Trinajstić information content (AvgIpc) is 2.52. The lowest BCUT2D eigenvalue weighted by molar-refractivity contribution is 0.0426. The van der Waals surface area contributed by atoms with Crippen LogP contribution in [0.15, 0.2) is 20.3 Å². The van der Waals surface area contributed by atoms with Gasteiger partial charge in [0.1, 0.15) is 16.8 Å². The number of aromatic nitrogens is 1. The number of halogens is 2. The standard InChI is InChI=1S/C22H31BrIN3O6/c1-20(2,3)31-17(28)26-15(24)12-13-10-11-14(23)16(25-13)27(18(29)32-21(4,5)6)19(30)33-22(7,8)9/h10-12H,1-9H3,(H,26,28)/b15-12-. The molecule has 1 aromatic heterocycles. The van der Waals surface area contributed by atoms with Gasteiger partial charge < -0.3 is 14.2 Å². The highest BCUT2D eigenvalue weighted by atomic mass is 127. The normalized spacial score (nSPS) is 12.6. The molecule has 1 heterocycles. The molecule has 0 bridgehead atoms. The maximum atomic E-state index is 12.9. The predicted molar refractivity (Wildman–Crippen MR) is 138 cm³/mol. The highest BCUT2D eigenvalue weighted by molar-refractivity contribution is 14.1. The smallest absolute Gasteiger partial charge is 0.425 e. The Kier molecular flexibility index (Phi) is 9.73. The largest absolute Gasteiger partial charge is 0.444 e. The number of hydrogen-bond donors (Lipinski definition) is 1. The molecule has 0 aliphatic rings. The van der Waals surface area contributed by atoms with Crippen molar-refractivity contribution in [3.8, 4) is 0 Å². The van der Waals surface area contributed by atoms with Crippen LogP contribution in [0.3, 0.4) is 0 Å². The number of ether oxygens (including phenoxy) is 3. The van der Waals surface area contributed by atoms with Gasteiger partial charge in [0.15, 0.2) is 5.82 Å². The van der Waals surface area contributed by atoms with Crippen molar-refractivity contribution in [2.45, 2.75) is 79.1 Å². The molecule has 0 aliphatic carbocycles. The van der Waals surface area contributed by atoms with Crippen LogP contribution in [0.5, 0.6) is 0 Å². The lowest BCUT2D eigenvalue weighted by Gasteiger charge is -2.28. The minimum absolute atomic E-state index is 0.0197. The Morgan fingerprint density at radius 3 is 1.79 bits per heavy atom. The molecule has 0 aliphatic heterocycles. The molecular formula is C22H31BrIN3O6. The first-order valence-electron chi connectivity index (χ1n) is 10.1. The zero-order chi connectivity index (χ0) is 25.8. The quantitative estimate of drug-likeness (QED) is 0.221. The maximum absolute atomic E-state index is 12.9. The molecule has 0 spiro atoms. The summed E-state index contributed by atoms with van der Waals surface area (Å²) in [4.78, 5) is 42.9. The van der Waals surface area contributed by atoms with Crippen molar-refractivity contribution >= 4 is 68.7 Å². The third-order valence-corrected chi connectivity index (χ3v) is 4.31. The SMILES string of the molecule is CC(C)(C)OC(=O)N/C(I)=C\c1ccc(Br)c(N(C(=O)OC(C)(C)C)C(=O)OC(C)(C)C)n1. The van der Waals surface area contributed by atoms with Crippen LogP contribution >= 0.6 is 38.5 Å². The highest BCUT2D eigenvalue weighted by Gasteiger charge is 2.35. The van der Waals surface area contributed by atoms with E-state index in [4.69, 9.17) is 14.2 Å². The number of carbonyl (C=O) groups excluding carboxylic acids is 3. The van der Waals surface area contributed by atoms with Crippen LogP contribution in [0.25, 0.3) is 6.08 Å². The Morgan fingerprint density at radius 1 is 0.909 bits per heavy atom. The number of alkyl carbamates (subject to hydrolysis) is 1. The van der Waals surface area contributed by atoms with Crippen molar-refractivity contribution in [2.75, 3.05) is 4.90 Å². The monoisotopic (exact) mass is 639 g/mol. The Bertz CT molecular complexity index is 902. The molecule has 1 rings (SSSR count). The first kappa shape index (κ1) is 29.1. The van der Waals surface area contributed by atoms with E-state index in [2.05, 4.69) is 26.2 Å². The Balaban J connectivity index is 3.34. The van der Waals surface area contributed by atoms with Crippen molar-refractivity contribution in [1.82, 2.24) is 10.3 Å². The van der Waals surface area contributed by atoms with Crippen molar-refractivity contribution in [3.63, 3.8) is 0 Å². The van der Waals surface area contributed by atoms with E-state index in [1.165, 1.54) is 0 Å². The fourth-order valence-corrected chi connectivity index (χ4v) is 3.05. The molecule has 0 atom stereocenters. The Hall–Kier alpha value is -1.89. The van der Waals surface area contributed by atoms with Crippen LogP contribution < -0.4 is 10.2 Å². The number of rotatable bonds is 3. The number of nitrogens with zero attached hydrogens (tertiary/aromatic N) is 2. The molecule has 9 nitrogen and oxygen atoms in total.